The van der Waals surface area contributed by atoms with Gasteiger partial charge in [0.15, 0.2) is 5.79 Å². The van der Waals surface area contributed by atoms with Gasteiger partial charge >= 0.3 is 0 Å². The van der Waals surface area contributed by atoms with Gasteiger partial charge in [0, 0.05) is 37.0 Å². The number of thiophene rings is 1. The van der Waals surface area contributed by atoms with Crippen molar-refractivity contribution in [3.05, 3.63) is 22.4 Å². The van der Waals surface area contributed by atoms with Gasteiger partial charge < -0.3 is 15.8 Å². The van der Waals surface area contributed by atoms with Gasteiger partial charge in [0.25, 0.3) is 0 Å². The molecule has 1 fully saturated rings. The van der Waals surface area contributed by atoms with Crippen molar-refractivity contribution in [1.82, 2.24) is 4.90 Å². The highest BCUT2D eigenvalue weighted by Crippen LogP contribution is 2.34. The number of anilines is 1. The van der Waals surface area contributed by atoms with Crippen LogP contribution in [0.2, 0.25) is 0 Å². The molecule has 2 aliphatic heterocycles. The summed E-state index contributed by atoms with van der Waals surface area (Å²) in [5.74, 6) is -0.347. The third-order valence-electron chi connectivity index (χ3n) is 3.85. The molecule has 3 heterocycles. The van der Waals surface area contributed by atoms with Crippen LogP contribution in [0.1, 0.15) is 16.9 Å². The molecule has 0 spiro atoms. The first-order valence-corrected chi connectivity index (χ1v) is 7.96. The largest absolute Gasteiger partial charge is 0.383 e. The van der Waals surface area contributed by atoms with Crippen LogP contribution in [0.15, 0.2) is 17.0 Å². The summed E-state index contributed by atoms with van der Waals surface area (Å²) in [7, 11) is 0. The van der Waals surface area contributed by atoms with Crippen molar-refractivity contribution in [3.8, 4) is 0 Å². The van der Waals surface area contributed by atoms with Gasteiger partial charge in [-0.3, -0.25) is 10.6 Å². The molecule has 3 rings (SSSR count). The van der Waals surface area contributed by atoms with Crippen molar-refractivity contribution in [2.24, 2.45) is 16.5 Å². The number of nitrogens with one attached hydrogen (secondary N) is 1. The van der Waals surface area contributed by atoms with E-state index in [0.29, 0.717) is 12.3 Å². The van der Waals surface area contributed by atoms with Gasteiger partial charge in [-0.25, -0.2) is 4.99 Å². The van der Waals surface area contributed by atoms with Gasteiger partial charge in [-0.15, -0.1) is 11.3 Å². The Hall–Kier alpha value is -1.41. The summed E-state index contributed by atoms with van der Waals surface area (Å²) in [5.41, 5.74) is 14.4. The first-order chi connectivity index (χ1) is 10.1. The molecule has 7 heteroatoms. The van der Waals surface area contributed by atoms with Gasteiger partial charge in [0.2, 0.25) is 0 Å². The van der Waals surface area contributed by atoms with E-state index in [9.17, 15) is 0 Å². The number of hydrogen-bond donors (Lipinski definition) is 3. The number of nitrogens with zero attached hydrogens (tertiary/aromatic N) is 2. The fourth-order valence-electron chi connectivity index (χ4n) is 2.62. The highest BCUT2D eigenvalue weighted by Gasteiger charge is 2.32. The molecule has 1 unspecified atom stereocenters. The molecule has 1 saturated heterocycles. The Morgan fingerprint density at radius 3 is 3.00 bits per heavy atom. The first kappa shape index (κ1) is 14.5. The molecule has 0 bridgehead atoms. The number of hydrogen-bond acceptors (Lipinski definition) is 7. The Morgan fingerprint density at radius 1 is 1.52 bits per heavy atom. The minimum absolute atomic E-state index is 0.506. The molecule has 0 saturated carbocycles. The summed E-state index contributed by atoms with van der Waals surface area (Å²) < 4.78 is 5.35. The zero-order valence-corrected chi connectivity index (χ0v) is 12.8. The van der Waals surface area contributed by atoms with Gasteiger partial charge in [0.05, 0.1) is 23.8 Å². The van der Waals surface area contributed by atoms with Crippen LogP contribution in [0.4, 0.5) is 5.69 Å². The quantitative estimate of drug-likeness (QED) is 0.767. The number of morpholine rings is 1. The Kier molecular flexibility index (Phi) is 3.99. The van der Waals surface area contributed by atoms with Crippen LogP contribution < -0.4 is 16.8 Å². The molecule has 0 amide bonds. The normalized spacial score (nSPS) is 25.9. The summed E-state index contributed by atoms with van der Waals surface area (Å²) in [5, 5.41) is 5.35. The lowest BCUT2D eigenvalue weighted by Gasteiger charge is -2.35. The minimum Gasteiger partial charge on any atom is -0.383 e. The third kappa shape index (κ3) is 2.96. The fraction of sp³-hybridized carbons (Fsp3) is 0.500. The topological polar surface area (TPSA) is 88.9 Å². The van der Waals surface area contributed by atoms with Crippen LogP contribution >= 0.6 is 11.3 Å². The van der Waals surface area contributed by atoms with E-state index >= 15 is 0 Å². The molecule has 21 heavy (non-hydrogen) atoms. The van der Waals surface area contributed by atoms with E-state index in [1.54, 1.807) is 11.3 Å². The van der Waals surface area contributed by atoms with E-state index in [2.05, 4.69) is 21.8 Å². The van der Waals surface area contributed by atoms with Crippen LogP contribution in [-0.4, -0.2) is 49.4 Å². The zero-order valence-electron chi connectivity index (χ0n) is 12.0. The predicted octanol–water partition coefficient (Wildman–Crippen LogP) is 0.857. The Labute approximate surface area is 128 Å². The van der Waals surface area contributed by atoms with Gasteiger partial charge in [-0.1, -0.05) is 12.7 Å². The summed E-state index contributed by atoms with van der Waals surface area (Å²) in [6.07, 6.45) is 2.50. The Balaban J connectivity index is 1.73. The van der Waals surface area contributed by atoms with Crippen molar-refractivity contribution >= 4 is 28.9 Å². The van der Waals surface area contributed by atoms with Crippen LogP contribution in [0.25, 0.3) is 6.08 Å². The predicted molar refractivity (Wildman–Crippen MR) is 87.6 cm³/mol. The zero-order chi connectivity index (χ0) is 14.9. The highest BCUT2D eigenvalue weighted by atomic mass is 32.1. The monoisotopic (exact) mass is 307 g/mol. The summed E-state index contributed by atoms with van der Waals surface area (Å²) >= 11 is 1.56. The Morgan fingerprint density at radius 2 is 2.29 bits per heavy atom. The molecular formula is C14H21N5OS. The Bertz CT molecular complexity index is 564. The minimum atomic E-state index is -0.853. The van der Waals surface area contributed by atoms with Gasteiger partial charge in [0.1, 0.15) is 5.84 Å². The van der Waals surface area contributed by atoms with Crippen molar-refractivity contribution < 1.29 is 4.74 Å². The second-order valence-electron chi connectivity index (χ2n) is 5.35. The van der Waals surface area contributed by atoms with Crippen LogP contribution in [0, 0.1) is 0 Å². The van der Waals surface area contributed by atoms with Crippen molar-refractivity contribution in [2.75, 3.05) is 38.2 Å². The van der Waals surface area contributed by atoms with E-state index in [1.165, 1.54) is 0 Å². The van der Waals surface area contributed by atoms with E-state index in [0.717, 1.165) is 49.0 Å². The SMILES string of the molecule is C=Cc1csc2c1NC(N)(CCN1CCOCC1)N=C2N. The van der Waals surface area contributed by atoms with Crippen molar-refractivity contribution in [2.45, 2.75) is 12.2 Å². The maximum atomic E-state index is 6.40. The molecule has 0 radical (unpaired) electrons. The number of nitrogens with two attached hydrogens (primary N) is 2. The van der Waals surface area contributed by atoms with E-state index < -0.39 is 5.79 Å². The summed E-state index contributed by atoms with van der Waals surface area (Å²) in [6.45, 7) is 8.14. The molecule has 0 aromatic carbocycles. The van der Waals surface area contributed by atoms with Gasteiger partial charge in [-0.2, -0.15) is 0 Å². The molecule has 1 atom stereocenters. The van der Waals surface area contributed by atoms with Crippen LogP contribution in [0.3, 0.4) is 0 Å². The van der Waals surface area contributed by atoms with E-state index in [-0.39, 0.29) is 0 Å². The molecule has 2 aliphatic rings. The van der Waals surface area contributed by atoms with Crippen LogP contribution in [0.5, 0.6) is 0 Å². The number of amidine groups is 1. The number of fused-ring (bicyclic) bond motifs is 1. The molecule has 5 N–H and O–H groups in total. The maximum absolute atomic E-state index is 6.40. The molecule has 114 valence electrons. The lowest BCUT2D eigenvalue weighted by molar-refractivity contribution is 0.0352. The number of rotatable bonds is 4. The second kappa shape index (κ2) is 5.76. The van der Waals surface area contributed by atoms with Crippen molar-refractivity contribution in [3.63, 3.8) is 0 Å². The van der Waals surface area contributed by atoms with E-state index in [4.69, 9.17) is 16.2 Å². The maximum Gasteiger partial charge on any atom is 0.185 e. The summed E-state index contributed by atoms with van der Waals surface area (Å²) in [4.78, 5) is 7.75. The van der Waals surface area contributed by atoms with Gasteiger partial charge in [-0.05, 0) is 0 Å². The molecule has 1 aromatic heterocycles. The molecule has 1 aromatic rings. The molecular weight excluding hydrogens is 286 g/mol. The van der Waals surface area contributed by atoms with Crippen LogP contribution in [-0.2, 0) is 4.74 Å². The molecule has 6 nitrogen and oxygen atoms in total. The molecule has 0 aliphatic carbocycles. The third-order valence-corrected chi connectivity index (χ3v) is 4.87. The highest BCUT2D eigenvalue weighted by molar-refractivity contribution is 7.13. The number of ether oxygens (including phenoxy) is 1. The summed E-state index contributed by atoms with van der Waals surface area (Å²) in [6, 6.07) is 0. The second-order valence-corrected chi connectivity index (χ2v) is 6.23. The fourth-order valence-corrected chi connectivity index (χ4v) is 3.53. The standard InChI is InChI=1S/C14H21N5OS/c1-2-10-9-21-12-11(10)17-14(16,18-13(12)15)3-4-19-5-7-20-8-6-19/h2,9,17H,1,3-8,16H2,(H2,15,18). The average molecular weight is 307 g/mol. The average Bonchev–Trinajstić information content (AvgIpc) is 2.89. The lowest BCUT2D eigenvalue weighted by Crippen LogP contribution is -2.52. The van der Waals surface area contributed by atoms with Crippen molar-refractivity contribution in [1.29, 1.82) is 0 Å². The number of aliphatic imine (C=N–C) groups is 1. The lowest BCUT2D eigenvalue weighted by atomic mass is 10.1. The van der Waals surface area contributed by atoms with E-state index in [1.807, 2.05) is 11.5 Å². The first-order valence-electron chi connectivity index (χ1n) is 7.08. The smallest absolute Gasteiger partial charge is 0.185 e.